The van der Waals surface area contributed by atoms with Crippen LogP contribution in [-0.4, -0.2) is 37.2 Å². The van der Waals surface area contributed by atoms with E-state index >= 15 is 0 Å². The lowest BCUT2D eigenvalue weighted by Gasteiger charge is -2.42. The van der Waals surface area contributed by atoms with Crippen molar-refractivity contribution >= 4 is 17.5 Å². The number of carbonyl (C=O) groups is 1. The van der Waals surface area contributed by atoms with Crippen LogP contribution in [0.15, 0.2) is 30.6 Å². The Balaban J connectivity index is 1.25. The molecule has 0 atom stereocenters. The van der Waals surface area contributed by atoms with Crippen LogP contribution < -0.4 is 15.5 Å². The molecule has 3 aromatic rings. The molecule has 234 valence electrons. The molecule has 3 fully saturated rings. The Morgan fingerprint density at radius 3 is 2.39 bits per heavy atom. The van der Waals surface area contributed by atoms with Crippen LogP contribution in [0.2, 0.25) is 0 Å². The van der Waals surface area contributed by atoms with Gasteiger partial charge in [0.2, 0.25) is 0 Å². The first-order valence-electron chi connectivity index (χ1n) is 15.9. The topological polar surface area (TPSA) is 88.0 Å². The number of hydrogen-bond donors (Lipinski definition) is 2. The summed E-state index contributed by atoms with van der Waals surface area (Å²) < 4.78 is 45.2. The number of benzene rings is 1. The molecule has 2 aromatic heterocycles. The van der Waals surface area contributed by atoms with Crippen LogP contribution in [0.4, 0.5) is 24.8 Å². The van der Waals surface area contributed by atoms with Gasteiger partial charge in [0.15, 0.2) is 0 Å². The van der Waals surface area contributed by atoms with E-state index in [9.17, 15) is 18.0 Å². The number of rotatable bonds is 9. The molecule has 3 aliphatic carbocycles. The van der Waals surface area contributed by atoms with Crippen LogP contribution in [-0.2, 0) is 38.1 Å². The van der Waals surface area contributed by atoms with Crippen molar-refractivity contribution in [1.29, 1.82) is 0 Å². The fraction of sp³-hybridized carbons (Fsp3) is 0.576. The van der Waals surface area contributed by atoms with Gasteiger partial charge in [0.1, 0.15) is 23.8 Å². The van der Waals surface area contributed by atoms with Crippen LogP contribution in [0.5, 0.6) is 0 Å². The number of anilines is 2. The summed E-state index contributed by atoms with van der Waals surface area (Å²) >= 11 is 0. The van der Waals surface area contributed by atoms with Crippen LogP contribution in [0.1, 0.15) is 110 Å². The molecule has 2 N–H and O–H groups in total. The van der Waals surface area contributed by atoms with E-state index in [1.54, 1.807) is 12.4 Å². The zero-order valence-electron chi connectivity index (χ0n) is 25.4. The van der Waals surface area contributed by atoms with Crippen LogP contribution >= 0.6 is 0 Å². The van der Waals surface area contributed by atoms with Crippen molar-refractivity contribution in [2.24, 2.45) is 7.05 Å². The number of alkyl halides is 3. The van der Waals surface area contributed by atoms with Gasteiger partial charge in [-0.25, -0.2) is 4.98 Å². The van der Waals surface area contributed by atoms with Crippen molar-refractivity contribution in [1.82, 2.24) is 25.1 Å². The van der Waals surface area contributed by atoms with E-state index in [4.69, 9.17) is 4.98 Å². The first-order valence-corrected chi connectivity index (χ1v) is 15.9. The second-order valence-electron chi connectivity index (χ2n) is 13.7. The molecule has 8 nitrogen and oxygen atoms in total. The zero-order chi connectivity index (χ0) is 30.7. The van der Waals surface area contributed by atoms with Crippen molar-refractivity contribution in [3.8, 4) is 0 Å². The van der Waals surface area contributed by atoms with Gasteiger partial charge >= 0.3 is 6.18 Å². The molecule has 0 saturated heterocycles. The van der Waals surface area contributed by atoms with Gasteiger partial charge in [-0.15, -0.1) is 10.2 Å². The summed E-state index contributed by atoms with van der Waals surface area (Å²) in [4.78, 5) is 20.3. The van der Waals surface area contributed by atoms with Gasteiger partial charge in [0.25, 0.3) is 5.91 Å². The monoisotopic (exact) mass is 607 g/mol. The Morgan fingerprint density at radius 2 is 1.77 bits per heavy atom. The van der Waals surface area contributed by atoms with Crippen molar-refractivity contribution < 1.29 is 18.0 Å². The minimum Gasteiger partial charge on any atom is -0.367 e. The SMILES string of the molecule is Cn1cnnc1CC1(c2cc(NC3CCCC3)nc(N3Cc4c(cc(CNC5(C)CCC5)cc4C(F)(F)F)C3=O)c2)CCC1. The number of nitrogens with one attached hydrogen (secondary N) is 2. The molecular weight excluding hydrogens is 567 g/mol. The van der Waals surface area contributed by atoms with Gasteiger partial charge in [0, 0.05) is 42.6 Å². The normalized spacial score (nSPS) is 20.8. The van der Waals surface area contributed by atoms with E-state index in [1.165, 1.54) is 11.0 Å². The van der Waals surface area contributed by atoms with E-state index in [-0.39, 0.29) is 41.2 Å². The Bertz CT molecular complexity index is 1570. The van der Waals surface area contributed by atoms with Crippen LogP contribution in [0.3, 0.4) is 0 Å². The van der Waals surface area contributed by atoms with E-state index in [0.717, 1.165) is 75.6 Å². The predicted octanol–water partition coefficient (Wildman–Crippen LogP) is 6.44. The summed E-state index contributed by atoms with van der Waals surface area (Å²) in [5, 5.41) is 15.4. The first kappa shape index (κ1) is 29.3. The number of carbonyl (C=O) groups excluding carboxylic acids is 1. The second-order valence-corrected chi connectivity index (χ2v) is 13.7. The molecule has 7 rings (SSSR count). The molecule has 1 aliphatic heterocycles. The molecule has 4 aliphatic rings. The van der Waals surface area contributed by atoms with Gasteiger partial charge < -0.3 is 15.2 Å². The Morgan fingerprint density at radius 1 is 1.02 bits per heavy atom. The lowest BCUT2D eigenvalue weighted by Crippen LogP contribution is -2.47. The molecule has 44 heavy (non-hydrogen) atoms. The third-order valence-electron chi connectivity index (χ3n) is 10.6. The largest absolute Gasteiger partial charge is 0.416 e. The number of halogens is 3. The molecule has 3 saturated carbocycles. The Kier molecular flexibility index (Phi) is 7.22. The van der Waals surface area contributed by atoms with E-state index in [1.807, 2.05) is 17.7 Å². The fourth-order valence-electron chi connectivity index (χ4n) is 7.46. The van der Waals surface area contributed by atoms with E-state index < -0.39 is 17.6 Å². The standard InChI is InChI=1S/C33H40F3N7O/c1-31(9-5-10-31)37-18-21-13-24-25(26(14-21)33(34,35)36)19-43(30(24)44)28-16-22(15-27(40-28)39-23-7-3-4-8-23)32(11-6-12-32)17-29-41-38-20-42(29)2/h13-16,20,23,37H,3-12,17-19H2,1-2H3,(H,39,40). The summed E-state index contributed by atoms with van der Waals surface area (Å²) in [6.07, 6.45) is 8.27. The highest BCUT2D eigenvalue weighted by Crippen LogP contribution is 2.48. The van der Waals surface area contributed by atoms with Crippen LogP contribution in [0.25, 0.3) is 0 Å². The number of aromatic nitrogens is 4. The Hall–Kier alpha value is -3.47. The van der Waals surface area contributed by atoms with Crippen molar-refractivity contribution in [3.63, 3.8) is 0 Å². The lowest BCUT2D eigenvalue weighted by molar-refractivity contribution is -0.138. The van der Waals surface area contributed by atoms with Gasteiger partial charge in [-0.2, -0.15) is 13.2 Å². The van der Waals surface area contributed by atoms with Gasteiger partial charge in [0.05, 0.1) is 12.1 Å². The maximum atomic E-state index is 14.4. The molecule has 3 heterocycles. The average molecular weight is 608 g/mol. The van der Waals surface area contributed by atoms with E-state index in [2.05, 4.69) is 33.8 Å². The zero-order valence-corrected chi connectivity index (χ0v) is 25.4. The molecular formula is C33H40F3N7O. The van der Waals surface area contributed by atoms with Gasteiger partial charge in [-0.3, -0.25) is 9.69 Å². The van der Waals surface area contributed by atoms with Gasteiger partial charge in [-0.05, 0) is 92.8 Å². The maximum Gasteiger partial charge on any atom is 0.416 e. The number of pyridine rings is 1. The second kappa shape index (κ2) is 10.9. The van der Waals surface area contributed by atoms with Crippen molar-refractivity contribution in [3.05, 3.63) is 64.2 Å². The van der Waals surface area contributed by atoms with E-state index in [0.29, 0.717) is 23.6 Å². The smallest absolute Gasteiger partial charge is 0.367 e. The number of fused-ring (bicyclic) bond motifs is 1. The third kappa shape index (κ3) is 5.37. The van der Waals surface area contributed by atoms with Crippen molar-refractivity contribution in [2.45, 2.75) is 114 Å². The fourth-order valence-corrected chi connectivity index (χ4v) is 7.46. The highest BCUT2D eigenvalue weighted by molar-refractivity contribution is 6.10. The maximum absolute atomic E-state index is 14.4. The summed E-state index contributed by atoms with van der Waals surface area (Å²) in [6, 6.07) is 7.15. The lowest BCUT2D eigenvalue weighted by atomic mass is 9.62. The summed E-state index contributed by atoms with van der Waals surface area (Å²) in [6.45, 7) is 2.22. The predicted molar refractivity (Wildman–Crippen MR) is 161 cm³/mol. The number of aryl methyl sites for hydroxylation is 1. The van der Waals surface area contributed by atoms with Crippen molar-refractivity contribution in [2.75, 3.05) is 10.2 Å². The molecule has 1 aromatic carbocycles. The number of nitrogens with zero attached hydrogens (tertiary/aromatic N) is 5. The van der Waals surface area contributed by atoms with Crippen LogP contribution in [0, 0.1) is 0 Å². The summed E-state index contributed by atoms with van der Waals surface area (Å²) in [7, 11) is 1.93. The number of hydrogen-bond acceptors (Lipinski definition) is 6. The molecule has 0 unspecified atom stereocenters. The third-order valence-corrected chi connectivity index (χ3v) is 10.6. The molecule has 0 spiro atoms. The molecule has 0 bridgehead atoms. The highest BCUT2D eigenvalue weighted by Gasteiger charge is 2.44. The minimum atomic E-state index is -4.58. The number of amides is 1. The summed E-state index contributed by atoms with van der Waals surface area (Å²) in [5.74, 6) is 1.51. The summed E-state index contributed by atoms with van der Waals surface area (Å²) in [5.41, 5.74) is 0.648. The minimum absolute atomic E-state index is 0.0241. The molecule has 11 heteroatoms. The Labute approximate surface area is 255 Å². The molecule has 1 amide bonds. The molecule has 0 radical (unpaired) electrons. The van der Waals surface area contributed by atoms with Gasteiger partial charge in [-0.1, -0.05) is 19.3 Å². The first-order chi connectivity index (χ1) is 21.0. The average Bonchev–Trinajstić information content (AvgIpc) is 3.68. The highest BCUT2D eigenvalue weighted by atomic mass is 19.4. The quantitative estimate of drug-likeness (QED) is 0.291.